The molecule has 8 heteroatoms. The van der Waals surface area contributed by atoms with E-state index in [9.17, 15) is 13.2 Å². The topological polar surface area (TPSA) is 72.3 Å². The largest absolute Gasteiger partial charge is 0.273 e. The molecule has 1 heterocycles. The maximum Gasteiger partial charge on any atom is 0.271 e. The minimum atomic E-state index is -3.99. The van der Waals surface area contributed by atoms with Crippen LogP contribution in [0.15, 0.2) is 17.0 Å². The first-order valence-electron chi connectivity index (χ1n) is 6.66. The molecule has 0 N–H and O–H groups in total. The van der Waals surface area contributed by atoms with Gasteiger partial charge in [0.1, 0.15) is 10.0 Å². The van der Waals surface area contributed by atoms with Gasteiger partial charge in [0.15, 0.2) is 0 Å². The Morgan fingerprint density at radius 3 is 2.43 bits per heavy atom. The third-order valence-corrected chi connectivity index (χ3v) is 5.50. The molecule has 0 saturated heterocycles. The number of rotatable bonds is 6. The molecular weight excluding hydrogens is 314 g/mol. The highest BCUT2D eigenvalue weighted by Gasteiger charge is 2.33. The number of halogens is 1. The number of nitrogens with zero attached hydrogens (tertiary/aromatic N) is 3. The average Bonchev–Trinajstić information content (AvgIpc) is 2.64. The Hall–Kier alpha value is -1.34. The fraction of sp³-hybridized carbons (Fsp3) is 0.538. The predicted molar refractivity (Wildman–Crippen MR) is 81.6 cm³/mol. The van der Waals surface area contributed by atoms with Crippen LogP contribution in [-0.2, 0) is 21.9 Å². The van der Waals surface area contributed by atoms with Crippen molar-refractivity contribution in [3.63, 3.8) is 0 Å². The molecule has 0 saturated carbocycles. The van der Waals surface area contributed by atoms with Gasteiger partial charge in [0.25, 0.3) is 10.0 Å². The first kappa shape index (κ1) is 17.7. The Kier molecular flexibility index (Phi) is 5.98. The molecule has 0 aliphatic carbocycles. The van der Waals surface area contributed by atoms with Crippen LogP contribution in [0.25, 0.3) is 0 Å². The van der Waals surface area contributed by atoms with Crippen LogP contribution in [0.1, 0.15) is 32.4 Å². The van der Waals surface area contributed by atoms with Gasteiger partial charge in [-0.15, -0.1) is 0 Å². The molecule has 1 aromatic rings. The van der Waals surface area contributed by atoms with E-state index in [1.165, 1.54) is 4.68 Å². The lowest BCUT2D eigenvalue weighted by Gasteiger charge is -2.20. The van der Waals surface area contributed by atoms with Crippen molar-refractivity contribution >= 4 is 27.5 Å². The SMILES string of the molecule is CC/C=C/CC(=O)N(CC)S(=O)(=O)c1c(C)nn(C)c1Cl. The normalized spacial score (nSPS) is 12.0. The van der Waals surface area contributed by atoms with Crippen LogP contribution in [0.5, 0.6) is 0 Å². The van der Waals surface area contributed by atoms with E-state index in [0.717, 1.165) is 10.7 Å². The summed E-state index contributed by atoms with van der Waals surface area (Å²) in [6.45, 7) is 5.15. The highest BCUT2D eigenvalue weighted by atomic mass is 35.5. The lowest BCUT2D eigenvalue weighted by molar-refractivity contribution is -0.125. The second-order valence-corrected chi connectivity index (χ2v) is 6.63. The molecule has 0 aliphatic rings. The van der Waals surface area contributed by atoms with Gasteiger partial charge in [0.05, 0.1) is 5.69 Å². The van der Waals surface area contributed by atoms with Gasteiger partial charge in [-0.2, -0.15) is 5.10 Å². The zero-order valence-electron chi connectivity index (χ0n) is 12.6. The number of aromatic nitrogens is 2. The van der Waals surface area contributed by atoms with Crippen molar-refractivity contribution in [2.45, 2.75) is 38.5 Å². The number of allylic oxidation sites excluding steroid dienone is 1. The predicted octanol–water partition coefficient (Wildman–Crippen LogP) is 2.28. The molecule has 0 bridgehead atoms. The molecule has 1 aromatic heterocycles. The number of sulfonamides is 1. The van der Waals surface area contributed by atoms with Gasteiger partial charge in [0.2, 0.25) is 5.91 Å². The Morgan fingerprint density at radius 1 is 1.38 bits per heavy atom. The third-order valence-electron chi connectivity index (χ3n) is 2.91. The molecule has 0 spiro atoms. The van der Waals surface area contributed by atoms with Crippen LogP contribution >= 0.6 is 11.6 Å². The van der Waals surface area contributed by atoms with Gasteiger partial charge >= 0.3 is 0 Å². The zero-order chi connectivity index (χ0) is 16.2. The lowest BCUT2D eigenvalue weighted by Crippen LogP contribution is -2.36. The maximum absolute atomic E-state index is 12.6. The summed E-state index contributed by atoms with van der Waals surface area (Å²) in [5.41, 5.74) is 0.276. The van der Waals surface area contributed by atoms with Gasteiger partial charge in [-0.25, -0.2) is 12.7 Å². The van der Waals surface area contributed by atoms with Gasteiger partial charge in [-0.05, 0) is 20.3 Å². The van der Waals surface area contributed by atoms with Crippen molar-refractivity contribution in [3.8, 4) is 0 Å². The molecule has 0 atom stereocenters. The number of amides is 1. The van der Waals surface area contributed by atoms with Crippen LogP contribution < -0.4 is 0 Å². The van der Waals surface area contributed by atoms with Crippen LogP contribution in [-0.4, -0.2) is 35.0 Å². The number of carbonyl (C=O) groups excluding carboxylic acids is 1. The minimum Gasteiger partial charge on any atom is -0.273 e. The number of aryl methyl sites for hydroxylation is 2. The Labute approximate surface area is 130 Å². The van der Waals surface area contributed by atoms with Crippen LogP contribution in [0.2, 0.25) is 5.15 Å². The minimum absolute atomic E-state index is 0.00264. The van der Waals surface area contributed by atoms with E-state index < -0.39 is 15.9 Å². The van der Waals surface area contributed by atoms with Crippen LogP contribution in [0, 0.1) is 6.92 Å². The van der Waals surface area contributed by atoms with E-state index in [4.69, 9.17) is 11.6 Å². The number of carbonyl (C=O) groups is 1. The summed E-state index contributed by atoms with van der Waals surface area (Å²) in [6, 6.07) is 0. The van der Waals surface area contributed by atoms with Crippen molar-refractivity contribution in [1.82, 2.24) is 14.1 Å². The highest BCUT2D eigenvalue weighted by Crippen LogP contribution is 2.27. The first-order chi connectivity index (χ1) is 9.77. The molecule has 0 aliphatic heterocycles. The molecule has 0 radical (unpaired) electrons. The summed E-state index contributed by atoms with van der Waals surface area (Å²) >= 11 is 6.00. The van der Waals surface area contributed by atoms with E-state index in [1.54, 1.807) is 27.0 Å². The maximum atomic E-state index is 12.6. The zero-order valence-corrected chi connectivity index (χ0v) is 14.2. The molecule has 0 aromatic carbocycles. The second-order valence-electron chi connectivity index (χ2n) is 4.48. The van der Waals surface area contributed by atoms with Crippen molar-refractivity contribution in [1.29, 1.82) is 0 Å². The summed E-state index contributed by atoms with van der Waals surface area (Å²) in [4.78, 5) is 12.0. The van der Waals surface area contributed by atoms with E-state index in [0.29, 0.717) is 0 Å². The van der Waals surface area contributed by atoms with Crippen molar-refractivity contribution in [3.05, 3.63) is 23.0 Å². The smallest absolute Gasteiger partial charge is 0.271 e. The van der Waals surface area contributed by atoms with Gasteiger partial charge in [-0.1, -0.05) is 30.7 Å². The average molecular weight is 334 g/mol. The van der Waals surface area contributed by atoms with Crippen LogP contribution in [0.4, 0.5) is 0 Å². The summed E-state index contributed by atoms with van der Waals surface area (Å²) in [5, 5.41) is 3.98. The molecular formula is C13H20ClN3O3S. The summed E-state index contributed by atoms with van der Waals surface area (Å²) in [6.07, 6.45) is 4.32. The van der Waals surface area contributed by atoms with Gasteiger partial charge < -0.3 is 0 Å². The van der Waals surface area contributed by atoms with Crippen LogP contribution in [0.3, 0.4) is 0 Å². The molecule has 1 amide bonds. The Balaban J connectivity index is 3.20. The van der Waals surface area contributed by atoms with Crippen molar-refractivity contribution in [2.75, 3.05) is 6.54 Å². The number of hydrogen-bond donors (Lipinski definition) is 0. The van der Waals surface area contributed by atoms with Gasteiger partial charge in [0, 0.05) is 20.0 Å². The number of hydrogen-bond acceptors (Lipinski definition) is 4. The first-order valence-corrected chi connectivity index (χ1v) is 8.48. The summed E-state index contributed by atoms with van der Waals surface area (Å²) in [7, 11) is -2.44. The Morgan fingerprint density at radius 2 is 2.00 bits per heavy atom. The monoisotopic (exact) mass is 333 g/mol. The Bertz CT molecular complexity index is 650. The molecule has 21 heavy (non-hydrogen) atoms. The van der Waals surface area contributed by atoms with E-state index in [1.807, 2.05) is 13.0 Å². The third kappa shape index (κ3) is 3.65. The highest BCUT2D eigenvalue weighted by molar-refractivity contribution is 7.89. The van der Waals surface area contributed by atoms with E-state index in [-0.39, 0.29) is 28.7 Å². The lowest BCUT2D eigenvalue weighted by atomic mass is 10.3. The molecule has 1 rings (SSSR count). The summed E-state index contributed by atoms with van der Waals surface area (Å²) < 4.78 is 27.4. The molecule has 0 unspecified atom stereocenters. The standard InChI is InChI=1S/C13H20ClN3O3S/c1-5-7-8-9-11(18)17(6-2)21(19,20)12-10(3)15-16(4)13(12)14/h7-8H,5-6,9H2,1-4H3/b8-7+. The van der Waals surface area contributed by atoms with E-state index in [2.05, 4.69) is 5.10 Å². The molecule has 0 fully saturated rings. The fourth-order valence-corrected chi connectivity index (χ4v) is 4.08. The molecule has 6 nitrogen and oxygen atoms in total. The van der Waals surface area contributed by atoms with Crippen molar-refractivity contribution < 1.29 is 13.2 Å². The quantitative estimate of drug-likeness (QED) is 0.749. The molecule has 118 valence electrons. The van der Waals surface area contributed by atoms with E-state index >= 15 is 0 Å². The van der Waals surface area contributed by atoms with Crippen molar-refractivity contribution in [2.24, 2.45) is 7.05 Å². The second kappa shape index (κ2) is 7.09. The van der Waals surface area contributed by atoms with Gasteiger partial charge in [-0.3, -0.25) is 9.48 Å². The fourth-order valence-electron chi connectivity index (χ4n) is 1.95. The summed E-state index contributed by atoms with van der Waals surface area (Å²) in [5.74, 6) is -0.485.